The fraction of sp³-hybridized carbons (Fsp3) is 0.400. The molecule has 1 aliphatic rings. The number of hydrogen-bond donors (Lipinski definition) is 1. The smallest absolute Gasteiger partial charge is 0.222 e. The monoisotopic (exact) mass is 402 g/mol. The van der Waals surface area contributed by atoms with Crippen LogP contribution in [-0.4, -0.2) is 29.0 Å². The Labute approximate surface area is 178 Å². The van der Waals surface area contributed by atoms with Gasteiger partial charge < -0.3 is 10.2 Å². The lowest BCUT2D eigenvalue weighted by molar-refractivity contribution is -0.121. The second-order valence-electron chi connectivity index (χ2n) is 8.13. The van der Waals surface area contributed by atoms with Gasteiger partial charge in [0.2, 0.25) is 5.91 Å². The van der Waals surface area contributed by atoms with Crippen molar-refractivity contribution in [2.75, 3.05) is 18.0 Å². The zero-order valence-electron chi connectivity index (χ0n) is 17.8. The van der Waals surface area contributed by atoms with E-state index in [4.69, 9.17) is 9.97 Å². The van der Waals surface area contributed by atoms with Gasteiger partial charge in [-0.05, 0) is 43.9 Å². The third kappa shape index (κ3) is 4.78. The van der Waals surface area contributed by atoms with Gasteiger partial charge in [-0.2, -0.15) is 0 Å². The number of para-hydroxylation sites is 1. The Hall–Kier alpha value is -2.95. The van der Waals surface area contributed by atoms with Crippen molar-refractivity contribution in [3.05, 3.63) is 66.0 Å². The van der Waals surface area contributed by atoms with E-state index in [-0.39, 0.29) is 11.9 Å². The summed E-state index contributed by atoms with van der Waals surface area (Å²) in [6.07, 6.45) is 3.78. The molecule has 0 spiro atoms. The molecule has 156 valence electrons. The molecule has 0 bridgehead atoms. The number of benzene rings is 2. The minimum atomic E-state index is -0.000301. The van der Waals surface area contributed by atoms with Crippen LogP contribution in [0.25, 0.3) is 10.9 Å². The van der Waals surface area contributed by atoms with Gasteiger partial charge in [-0.25, -0.2) is 9.97 Å². The van der Waals surface area contributed by atoms with E-state index in [2.05, 4.69) is 29.3 Å². The lowest BCUT2D eigenvalue weighted by atomic mass is 10.1. The predicted octanol–water partition coefficient (Wildman–Crippen LogP) is 4.99. The Bertz CT molecular complexity index is 1000. The Morgan fingerprint density at radius 1 is 1.07 bits per heavy atom. The van der Waals surface area contributed by atoms with Crippen LogP contribution in [0.1, 0.15) is 62.9 Å². The van der Waals surface area contributed by atoms with Crippen LogP contribution in [0, 0.1) is 0 Å². The number of nitrogens with zero attached hydrogens (tertiary/aromatic N) is 3. The zero-order valence-corrected chi connectivity index (χ0v) is 17.8. The molecule has 0 radical (unpaired) electrons. The van der Waals surface area contributed by atoms with E-state index < -0.39 is 0 Å². The van der Waals surface area contributed by atoms with Crippen molar-refractivity contribution < 1.29 is 4.79 Å². The van der Waals surface area contributed by atoms with Crippen molar-refractivity contribution >= 4 is 22.6 Å². The number of nitrogens with one attached hydrogen (secondary N) is 1. The quantitative estimate of drug-likeness (QED) is 0.548. The summed E-state index contributed by atoms with van der Waals surface area (Å²) in [5.41, 5.74) is 2.11. The molecule has 1 atom stereocenters. The summed E-state index contributed by atoms with van der Waals surface area (Å²) in [7, 11) is 0. The van der Waals surface area contributed by atoms with E-state index in [1.807, 2.05) is 49.4 Å². The maximum Gasteiger partial charge on any atom is 0.222 e. The summed E-state index contributed by atoms with van der Waals surface area (Å²) >= 11 is 0. The highest BCUT2D eigenvalue weighted by Gasteiger charge is 2.28. The number of carbonyl (C=O) groups excluding carboxylic acids is 1. The molecule has 1 aliphatic carbocycles. The highest BCUT2D eigenvalue weighted by atomic mass is 16.1. The third-order valence-corrected chi connectivity index (χ3v) is 5.62. The molecule has 1 fully saturated rings. The average molecular weight is 403 g/mol. The molecule has 1 saturated carbocycles. The van der Waals surface area contributed by atoms with Gasteiger partial charge in [0, 0.05) is 30.8 Å². The first-order valence-corrected chi connectivity index (χ1v) is 11.0. The first kappa shape index (κ1) is 20.3. The molecule has 3 aromatic rings. The zero-order chi connectivity index (χ0) is 20.9. The van der Waals surface area contributed by atoms with Gasteiger partial charge in [-0.15, -0.1) is 0 Å². The molecule has 2 aromatic carbocycles. The lowest BCUT2D eigenvalue weighted by Gasteiger charge is -2.25. The number of aromatic nitrogens is 2. The van der Waals surface area contributed by atoms with Gasteiger partial charge in [-0.3, -0.25) is 4.79 Å². The molecule has 0 saturated heterocycles. The van der Waals surface area contributed by atoms with Gasteiger partial charge in [-0.1, -0.05) is 49.4 Å². The second kappa shape index (κ2) is 9.24. The van der Waals surface area contributed by atoms with E-state index in [0.717, 1.165) is 41.1 Å². The van der Waals surface area contributed by atoms with Crippen molar-refractivity contribution in [2.45, 2.75) is 51.5 Å². The van der Waals surface area contributed by atoms with Crippen LogP contribution < -0.4 is 10.2 Å². The Morgan fingerprint density at radius 3 is 2.53 bits per heavy atom. The van der Waals surface area contributed by atoms with Crippen molar-refractivity contribution in [1.82, 2.24) is 15.3 Å². The fourth-order valence-electron chi connectivity index (χ4n) is 3.81. The summed E-state index contributed by atoms with van der Waals surface area (Å²) in [5, 5.41) is 4.19. The lowest BCUT2D eigenvalue weighted by Crippen LogP contribution is -2.33. The number of rotatable bonds is 9. The van der Waals surface area contributed by atoms with Crippen LogP contribution >= 0.6 is 0 Å². The van der Waals surface area contributed by atoms with Crippen LogP contribution in [0.3, 0.4) is 0 Å². The van der Waals surface area contributed by atoms with Gasteiger partial charge in [0.05, 0.1) is 11.6 Å². The summed E-state index contributed by atoms with van der Waals surface area (Å²) < 4.78 is 0. The Balaban J connectivity index is 1.49. The minimum Gasteiger partial charge on any atom is -0.355 e. The molecule has 5 heteroatoms. The Kier molecular flexibility index (Phi) is 6.26. The van der Waals surface area contributed by atoms with Crippen molar-refractivity contribution in [3.8, 4) is 0 Å². The van der Waals surface area contributed by atoms with Gasteiger partial charge in [0.15, 0.2) is 0 Å². The molecule has 0 aliphatic heterocycles. The largest absolute Gasteiger partial charge is 0.355 e. The maximum absolute atomic E-state index is 12.6. The van der Waals surface area contributed by atoms with Gasteiger partial charge >= 0.3 is 0 Å². The van der Waals surface area contributed by atoms with Crippen LogP contribution in [0.15, 0.2) is 54.6 Å². The molecular weight excluding hydrogens is 372 g/mol. The first-order valence-electron chi connectivity index (χ1n) is 11.0. The van der Waals surface area contributed by atoms with E-state index >= 15 is 0 Å². The number of fused-ring (bicyclic) bond motifs is 1. The second-order valence-corrected chi connectivity index (χ2v) is 8.13. The van der Waals surface area contributed by atoms with E-state index in [1.54, 1.807) is 0 Å². The van der Waals surface area contributed by atoms with E-state index in [0.29, 0.717) is 18.9 Å². The summed E-state index contributed by atoms with van der Waals surface area (Å²) in [6.45, 7) is 5.70. The number of anilines is 1. The molecular formula is C25H30N4O. The van der Waals surface area contributed by atoms with Crippen LogP contribution in [0.4, 0.5) is 5.82 Å². The molecule has 4 rings (SSSR count). The van der Waals surface area contributed by atoms with Gasteiger partial charge in [0.25, 0.3) is 0 Å². The Morgan fingerprint density at radius 2 is 1.80 bits per heavy atom. The van der Waals surface area contributed by atoms with Crippen LogP contribution in [-0.2, 0) is 4.79 Å². The summed E-state index contributed by atoms with van der Waals surface area (Å²) in [4.78, 5) is 24.6. The van der Waals surface area contributed by atoms with Crippen molar-refractivity contribution in [2.24, 2.45) is 0 Å². The molecule has 1 amide bonds. The van der Waals surface area contributed by atoms with E-state index in [1.165, 1.54) is 12.8 Å². The molecule has 1 N–H and O–H groups in total. The van der Waals surface area contributed by atoms with Crippen molar-refractivity contribution in [1.29, 1.82) is 0 Å². The van der Waals surface area contributed by atoms with Crippen molar-refractivity contribution in [3.63, 3.8) is 0 Å². The molecule has 30 heavy (non-hydrogen) atoms. The average Bonchev–Trinajstić information content (AvgIpc) is 3.62. The maximum atomic E-state index is 12.6. The van der Waals surface area contributed by atoms with Crippen LogP contribution in [0.2, 0.25) is 0 Å². The summed E-state index contributed by atoms with van der Waals surface area (Å²) in [5.74, 6) is 2.47. The molecule has 0 unspecified atom stereocenters. The minimum absolute atomic E-state index is 0.000301. The molecule has 1 aromatic heterocycles. The predicted molar refractivity (Wildman–Crippen MR) is 122 cm³/mol. The normalized spacial score (nSPS) is 14.5. The first-order chi connectivity index (χ1) is 14.7. The number of amides is 1. The standard InChI is InChI=1S/C25H30N4O/c1-3-16-29(17-15-23(30)26-18(2)19-9-5-4-6-10-19)25-21-11-7-8-12-22(21)27-24(28-25)20-13-14-20/h4-12,18,20H,3,13-17H2,1-2H3,(H,26,30)/t18-/m0/s1. The molecule has 5 nitrogen and oxygen atoms in total. The highest BCUT2D eigenvalue weighted by Crippen LogP contribution is 2.39. The third-order valence-electron chi connectivity index (χ3n) is 5.62. The highest BCUT2D eigenvalue weighted by molar-refractivity contribution is 5.90. The van der Waals surface area contributed by atoms with Gasteiger partial charge in [0.1, 0.15) is 11.6 Å². The fourth-order valence-corrected chi connectivity index (χ4v) is 3.81. The SMILES string of the molecule is CCCN(CCC(=O)N[C@@H](C)c1ccccc1)c1nc(C2CC2)nc2ccccc12. The topological polar surface area (TPSA) is 58.1 Å². The molecule has 1 heterocycles. The number of hydrogen-bond acceptors (Lipinski definition) is 4. The number of carbonyl (C=O) groups is 1. The van der Waals surface area contributed by atoms with E-state index in [9.17, 15) is 4.79 Å². The summed E-state index contributed by atoms with van der Waals surface area (Å²) in [6, 6.07) is 18.3. The van der Waals surface area contributed by atoms with Crippen LogP contribution in [0.5, 0.6) is 0 Å².